The van der Waals surface area contributed by atoms with Gasteiger partial charge in [-0.05, 0) is 51.3 Å². The van der Waals surface area contributed by atoms with E-state index >= 15 is 0 Å². The molecular formula is C19H28ClF3N2O2. The Hall–Kier alpha value is -1.31. The first-order chi connectivity index (χ1) is 12.2. The number of amides is 1. The quantitative estimate of drug-likeness (QED) is 0.729. The van der Waals surface area contributed by atoms with Crippen LogP contribution < -0.4 is 5.73 Å². The van der Waals surface area contributed by atoms with Gasteiger partial charge in [-0.1, -0.05) is 18.2 Å². The molecule has 0 spiro atoms. The third kappa shape index (κ3) is 6.09. The molecule has 1 amide bonds. The van der Waals surface area contributed by atoms with Gasteiger partial charge in [-0.25, -0.2) is 0 Å². The first-order valence-corrected chi connectivity index (χ1v) is 8.95. The number of piperidine rings is 1. The van der Waals surface area contributed by atoms with E-state index in [9.17, 15) is 18.0 Å². The number of carbonyl (C=O) groups is 1. The molecule has 0 saturated carbocycles. The van der Waals surface area contributed by atoms with Gasteiger partial charge in [0.1, 0.15) is 0 Å². The van der Waals surface area contributed by atoms with E-state index in [1.165, 1.54) is 6.07 Å². The van der Waals surface area contributed by atoms with Crippen LogP contribution in [0.15, 0.2) is 24.3 Å². The van der Waals surface area contributed by atoms with Crippen molar-refractivity contribution in [2.24, 2.45) is 5.73 Å². The van der Waals surface area contributed by atoms with Crippen LogP contribution in [-0.4, -0.2) is 43.2 Å². The zero-order valence-corrected chi connectivity index (χ0v) is 16.5. The summed E-state index contributed by atoms with van der Waals surface area (Å²) in [7, 11) is 0. The summed E-state index contributed by atoms with van der Waals surface area (Å²) in [4.78, 5) is 14.7. The molecule has 1 aliphatic rings. The largest absolute Gasteiger partial charge is 0.416 e. The highest BCUT2D eigenvalue weighted by Crippen LogP contribution is 2.34. The molecule has 1 aromatic carbocycles. The molecule has 27 heavy (non-hydrogen) atoms. The van der Waals surface area contributed by atoms with Crippen LogP contribution in [0.4, 0.5) is 13.2 Å². The number of nitrogens with two attached hydrogens (primary N) is 1. The number of benzene rings is 1. The van der Waals surface area contributed by atoms with Gasteiger partial charge in [-0.2, -0.15) is 13.2 Å². The van der Waals surface area contributed by atoms with Crippen molar-refractivity contribution in [2.75, 3.05) is 26.2 Å². The molecule has 2 rings (SSSR count). The first kappa shape index (κ1) is 23.7. The van der Waals surface area contributed by atoms with Crippen LogP contribution in [0.2, 0.25) is 0 Å². The Kier molecular flexibility index (Phi) is 8.57. The Morgan fingerprint density at radius 3 is 2.37 bits per heavy atom. The van der Waals surface area contributed by atoms with Crippen LogP contribution in [0.3, 0.4) is 0 Å². The van der Waals surface area contributed by atoms with Crippen LogP contribution in [0.5, 0.6) is 0 Å². The second-order valence-corrected chi connectivity index (χ2v) is 7.21. The van der Waals surface area contributed by atoms with Gasteiger partial charge in [-0.3, -0.25) is 4.79 Å². The van der Waals surface area contributed by atoms with Crippen molar-refractivity contribution in [3.05, 3.63) is 35.4 Å². The summed E-state index contributed by atoms with van der Waals surface area (Å²) in [6, 6.07) is 5.02. The molecule has 8 heteroatoms. The van der Waals surface area contributed by atoms with Crippen LogP contribution >= 0.6 is 12.4 Å². The topological polar surface area (TPSA) is 55.6 Å². The fourth-order valence-corrected chi connectivity index (χ4v) is 3.16. The highest BCUT2D eigenvalue weighted by atomic mass is 35.5. The number of nitrogens with zero attached hydrogens (tertiary/aromatic N) is 1. The Morgan fingerprint density at radius 1 is 1.22 bits per heavy atom. The molecular weight excluding hydrogens is 381 g/mol. The summed E-state index contributed by atoms with van der Waals surface area (Å²) in [5, 5.41) is 0. The molecule has 0 aromatic heterocycles. The predicted molar refractivity (Wildman–Crippen MR) is 101 cm³/mol. The lowest BCUT2D eigenvalue weighted by atomic mass is 9.82. The van der Waals surface area contributed by atoms with Gasteiger partial charge < -0.3 is 15.4 Å². The lowest BCUT2D eigenvalue weighted by molar-refractivity contribution is -0.140. The molecule has 1 aliphatic heterocycles. The van der Waals surface area contributed by atoms with E-state index in [1.807, 2.05) is 0 Å². The maximum absolute atomic E-state index is 13.0. The third-order valence-electron chi connectivity index (χ3n) is 4.88. The minimum absolute atomic E-state index is 0. The van der Waals surface area contributed by atoms with Gasteiger partial charge in [0.2, 0.25) is 5.91 Å². The van der Waals surface area contributed by atoms with E-state index in [0.29, 0.717) is 31.8 Å². The second kappa shape index (κ2) is 9.75. The Balaban J connectivity index is 0.00000364. The molecule has 0 unspecified atom stereocenters. The summed E-state index contributed by atoms with van der Waals surface area (Å²) in [6.07, 6.45) is -2.04. The highest BCUT2D eigenvalue weighted by Gasteiger charge is 2.37. The summed E-state index contributed by atoms with van der Waals surface area (Å²) in [6.45, 7) is 5.65. The summed E-state index contributed by atoms with van der Waals surface area (Å²) in [5.41, 5.74) is 4.06. The van der Waals surface area contributed by atoms with Gasteiger partial charge in [0, 0.05) is 19.7 Å². The van der Waals surface area contributed by atoms with Crippen molar-refractivity contribution in [2.45, 2.75) is 50.8 Å². The van der Waals surface area contributed by atoms with E-state index in [1.54, 1.807) is 24.8 Å². The minimum atomic E-state index is -4.42. The molecule has 0 radical (unpaired) electrons. The average molecular weight is 409 g/mol. The summed E-state index contributed by atoms with van der Waals surface area (Å²) >= 11 is 0. The highest BCUT2D eigenvalue weighted by molar-refractivity contribution is 5.87. The van der Waals surface area contributed by atoms with E-state index < -0.39 is 17.2 Å². The number of alkyl halides is 3. The number of carbonyl (C=O) groups excluding carboxylic acids is 1. The fraction of sp³-hybridized carbons (Fsp3) is 0.632. The Bertz CT molecular complexity index is 615. The van der Waals surface area contributed by atoms with Crippen molar-refractivity contribution in [1.82, 2.24) is 4.90 Å². The zero-order valence-electron chi connectivity index (χ0n) is 15.7. The molecule has 4 nitrogen and oxygen atoms in total. The maximum Gasteiger partial charge on any atom is 0.416 e. The number of ether oxygens (including phenoxy) is 1. The smallest absolute Gasteiger partial charge is 0.378 e. The number of hydrogen-bond acceptors (Lipinski definition) is 3. The molecule has 0 atom stereocenters. The normalized spacial score (nSPS) is 16.1. The van der Waals surface area contributed by atoms with E-state index in [4.69, 9.17) is 10.5 Å². The number of halogens is 4. The molecule has 1 aromatic rings. The molecule has 0 bridgehead atoms. The van der Waals surface area contributed by atoms with Crippen LogP contribution in [-0.2, 0) is 21.1 Å². The van der Waals surface area contributed by atoms with Crippen molar-refractivity contribution in [1.29, 1.82) is 0 Å². The zero-order chi connectivity index (χ0) is 19.4. The van der Waals surface area contributed by atoms with Gasteiger partial charge in [0.05, 0.1) is 17.1 Å². The van der Waals surface area contributed by atoms with Crippen molar-refractivity contribution in [3.8, 4) is 0 Å². The minimum Gasteiger partial charge on any atom is -0.378 e. The monoisotopic (exact) mass is 408 g/mol. The third-order valence-corrected chi connectivity index (χ3v) is 4.88. The second-order valence-electron chi connectivity index (χ2n) is 7.21. The Morgan fingerprint density at radius 2 is 1.81 bits per heavy atom. The lowest BCUT2D eigenvalue weighted by Gasteiger charge is -2.37. The van der Waals surface area contributed by atoms with E-state index in [-0.39, 0.29) is 24.4 Å². The maximum atomic E-state index is 13.0. The average Bonchev–Trinajstić information content (AvgIpc) is 2.61. The number of likely N-dealkylation sites (tertiary alicyclic amines) is 1. The van der Waals surface area contributed by atoms with Crippen LogP contribution in [0.25, 0.3) is 0 Å². The summed E-state index contributed by atoms with van der Waals surface area (Å²) < 4.78 is 44.6. The van der Waals surface area contributed by atoms with Gasteiger partial charge >= 0.3 is 6.18 Å². The molecule has 1 fully saturated rings. The van der Waals surface area contributed by atoms with Gasteiger partial charge in [0.15, 0.2) is 0 Å². The van der Waals surface area contributed by atoms with Crippen LogP contribution in [0.1, 0.15) is 44.2 Å². The van der Waals surface area contributed by atoms with Crippen LogP contribution in [0, 0.1) is 0 Å². The lowest BCUT2D eigenvalue weighted by Crippen LogP contribution is -2.48. The van der Waals surface area contributed by atoms with Gasteiger partial charge in [0.25, 0.3) is 0 Å². The molecule has 2 N–H and O–H groups in total. The van der Waals surface area contributed by atoms with E-state index in [0.717, 1.165) is 31.4 Å². The first-order valence-electron chi connectivity index (χ1n) is 8.95. The molecule has 1 saturated heterocycles. The Labute approximate surface area is 164 Å². The van der Waals surface area contributed by atoms with Crippen molar-refractivity contribution >= 4 is 18.3 Å². The fourth-order valence-electron chi connectivity index (χ4n) is 3.16. The van der Waals surface area contributed by atoms with Gasteiger partial charge in [-0.15, -0.1) is 12.4 Å². The molecule has 1 heterocycles. The number of rotatable bonds is 6. The SMILES string of the molecule is CC(C)(C(=O)N1CCC(OCCCN)CC1)c1cccc(C(F)(F)F)c1.Cl. The molecule has 154 valence electrons. The van der Waals surface area contributed by atoms with E-state index in [2.05, 4.69) is 0 Å². The predicted octanol–water partition coefficient (Wildman–Crippen LogP) is 3.76. The summed E-state index contributed by atoms with van der Waals surface area (Å²) in [5.74, 6) is -0.155. The van der Waals surface area contributed by atoms with Crippen molar-refractivity contribution in [3.63, 3.8) is 0 Å². The number of hydrogen-bond donors (Lipinski definition) is 1. The standard InChI is InChI=1S/C19H27F3N2O2.ClH/c1-18(2,14-5-3-6-15(13-14)19(20,21)22)17(25)24-10-7-16(8-11-24)26-12-4-9-23;/h3,5-6,13,16H,4,7-12,23H2,1-2H3;1H. The van der Waals surface area contributed by atoms with Crippen molar-refractivity contribution < 1.29 is 22.7 Å². The molecule has 0 aliphatic carbocycles.